The molecule has 3 rings (SSSR count). The lowest BCUT2D eigenvalue weighted by Crippen LogP contribution is -2.44. The number of nitrogens with two attached hydrogens (primary N) is 1. The zero-order valence-corrected chi connectivity index (χ0v) is 16.3. The number of rotatable bonds is 6. The molecular formula is C21H27ClN2O3. The SMILES string of the molecule is Cc1cc(OCc2ccccc2)ccc1NC(=O)C(N)C1CCOCC1.Cl. The summed E-state index contributed by atoms with van der Waals surface area (Å²) in [6, 6.07) is 15.2. The number of ether oxygens (including phenoxy) is 2. The van der Waals surface area contributed by atoms with Crippen LogP contribution < -0.4 is 15.8 Å². The number of nitrogens with one attached hydrogen (secondary N) is 1. The molecular weight excluding hydrogens is 364 g/mol. The van der Waals surface area contributed by atoms with Crippen LogP contribution in [0.25, 0.3) is 0 Å². The predicted molar refractivity (Wildman–Crippen MR) is 109 cm³/mol. The quantitative estimate of drug-likeness (QED) is 0.788. The zero-order valence-electron chi connectivity index (χ0n) is 15.5. The van der Waals surface area contributed by atoms with Crippen molar-refractivity contribution in [2.75, 3.05) is 18.5 Å². The third kappa shape index (κ3) is 5.96. The minimum Gasteiger partial charge on any atom is -0.489 e. The Morgan fingerprint density at radius 1 is 1.22 bits per heavy atom. The Kier molecular flexibility index (Phi) is 8.10. The maximum absolute atomic E-state index is 12.5. The van der Waals surface area contributed by atoms with Crippen LogP contribution in [0.4, 0.5) is 5.69 Å². The third-order valence-electron chi connectivity index (χ3n) is 4.78. The minimum atomic E-state index is -0.507. The standard InChI is InChI=1S/C21H26N2O3.ClH/c1-15-13-18(26-14-16-5-3-2-4-6-16)7-8-19(15)23-21(24)20(22)17-9-11-25-12-10-17;/h2-8,13,17,20H,9-12,14,22H2,1H3,(H,23,24);1H. The van der Waals surface area contributed by atoms with E-state index in [1.807, 2.05) is 55.5 Å². The van der Waals surface area contributed by atoms with Crippen molar-refractivity contribution in [2.24, 2.45) is 11.7 Å². The molecule has 1 amide bonds. The highest BCUT2D eigenvalue weighted by atomic mass is 35.5. The molecule has 0 spiro atoms. The lowest BCUT2D eigenvalue weighted by atomic mass is 9.92. The number of hydrogen-bond acceptors (Lipinski definition) is 4. The summed E-state index contributed by atoms with van der Waals surface area (Å²) >= 11 is 0. The van der Waals surface area contributed by atoms with Gasteiger partial charge in [0.25, 0.3) is 0 Å². The van der Waals surface area contributed by atoms with Crippen LogP contribution in [-0.2, 0) is 16.1 Å². The average Bonchev–Trinajstić information content (AvgIpc) is 2.69. The highest BCUT2D eigenvalue weighted by Crippen LogP contribution is 2.24. The highest BCUT2D eigenvalue weighted by molar-refractivity contribution is 5.95. The van der Waals surface area contributed by atoms with E-state index >= 15 is 0 Å². The predicted octanol–water partition coefficient (Wildman–Crippen LogP) is 3.69. The molecule has 3 N–H and O–H groups in total. The van der Waals surface area contributed by atoms with Gasteiger partial charge >= 0.3 is 0 Å². The van der Waals surface area contributed by atoms with Crippen LogP contribution in [0.1, 0.15) is 24.0 Å². The number of carbonyl (C=O) groups is 1. The fourth-order valence-corrected chi connectivity index (χ4v) is 3.11. The highest BCUT2D eigenvalue weighted by Gasteiger charge is 2.26. The van der Waals surface area contributed by atoms with Crippen molar-refractivity contribution in [1.29, 1.82) is 0 Å². The summed E-state index contributed by atoms with van der Waals surface area (Å²) in [5.74, 6) is 0.813. The van der Waals surface area contributed by atoms with Crippen LogP contribution in [0.15, 0.2) is 48.5 Å². The molecule has 146 valence electrons. The van der Waals surface area contributed by atoms with E-state index in [1.165, 1.54) is 0 Å². The first-order valence-electron chi connectivity index (χ1n) is 9.05. The largest absolute Gasteiger partial charge is 0.489 e. The summed E-state index contributed by atoms with van der Waals surface area (Å²) in [6.07, 6.45) is 1.67. The van der Waals surface area contributed by atoms with Crippen LogP contribution in [0, 0.1) is 12.8 Å². The number of halogens is 1. The Labute approximate surface area is 166 Å². The van der Waals surface area contributed by atoms with Gasteiger partial charge in [-0.1, -0.05) is 30.3 Å². The van der Waals surface area contributed by atoms with Gasteiger partial charge in [-0.3, -0.25) is 4.79 Å². The molecule has 0 bridgehead atoms. The molecule has 1 atom stereocenters. The number of benzene rings is 2. The average molecular weight is 391 g/mol. The molecule has 1 aliphatic heterocycles. The van der Waals surface area contributed by atoms with Gasteiger partial charge in [-0.2, -0.15) is 0 Å². The summed E-state index contributed by atoms with van der Waals surface area (Å²) in [6.45, 7) is 3.82. The second kappa shape index (κ2) is 10.3. The number of anilines is 1. The van der Waals surface area contributed by atoms with Gasteiger partial charge in [0.15, 0.2) is 0 Å². The minimum absolute atomic E-state index is 0. The lowest BCUT2D eigenvalue weighted by Gasteiger charge is -2.27. The van der Waals surface area contributed by atoms with Gasteiger partial charge in [0, 0.05) is 18.9 Å². The second-order valence-corrected chi connectivity index (χ2v) is 6.72. The molecule has 1 heterocycles. The second-order valence-electron chi connectivity index (χ2n) is 6.72. The van der Waals surface area contributed by atoms with Crippen molar-refractivity contribution in [2.45, 2.75) is 32.4 Å². The normalized spacial score (nSPS) is 15.5. The number of amides is 1. The summed E-state index contributed by atoms with van der Waals surface area (Å²) in [4.78, 5) is 12.5. The maximum Gasteiger partial charge on any atom is 0.241 e. The van der Waals surface area contributed by atoms with Gasteiger partial charge in [0.2, 0.25) is 5.91 Å². The van der Waals surface area contributed by atoms with Crippen LogP contribution in [0.2, 0.25) is 0 Å². The Morgan fingerprint density at radius 3 is 2.59 bits per heavy atom. The molecule has 6 heteroatoms. The van der Waals surface area contributed by atoms with Crippen molar-refractivity contribution in [3.8, 4) is 5.75 Å². The molecule has 2 aromatic rings. The lowest BCUT2D eigenvalue weighted by molar-refractivity contribution is -0.119. The van der Waals surface area contributed by atoms with Gasteiger partial charge < -0.3 is 20.5 Å². The first-order chi connectivity index (χ1) is 12.6. The number of hydrogen-bond donors (Lipinski definition) is 2. The molecule has 1 saturated heterocycles. The summed E-state index contributed by atoms with van der Waals surface area (Å²) < 4.78 is 11.2. The first-order valence-corrected chi connectivity index (χ1v) is 9.05. The van der Waals surface area contributed by atoms with Crippen molar-refractivity contribution in [1.82, 2.24) is 0 Å². The van der Waals surface area contributed by atoms with Crippen LogP contribution in [0.3, 0.4) is 0 Å². The van der Waals surface area contributed by atoms with Crippen LogP contribution in [-0.4, -0.2) is 25.2 Å². The molecule has 0 aliphatic carbocycles. The Bertz CT molecular complexity index is 733. The van der Waals surface area contributed by atoms with E-state index in [0.29, 0.717) is 19.8 Å². The Hall–Kier alpha value is -2.08. The van der Waals surface area contributed by atoms with Crippen LogP contribution in [0.5, 0.6) is 5.75 Å². The van der Waals surface area contributed by atoms with Gasteiger partial charge in [-0.15, -0.1) is 12.4 Å². The fraction of sp³-hybridized carbons (Fsp3) is 0.381. The molecule has 0 aromatic heterocycles. The Morgan fingerprint density at radius 2 is 1.93 bits per heavy atom. The maximum atomic E-state index is 12.5. The van der Waals surface area contributed by atoms with Crippen molar-refractivity contribution in [3.05, 3.63) is 59.7 Å². The van der Waals surface area contributed by atoms with E-state index in [-0.39, 0.29) is 24.2 Å². The van der Waals surface area contributed by atoms with Crippen LogP contribution >= 0.6 is 12.4 Å². The van der Waals surface area contributed by atoms with E-state index in [4.69, 9.17) is 15.2 Å². The smallest absolute Gasteiger partial charge is 0.241 e. The van der Waals surface area contributed by atoms with E-state index in [1.54, 1.807) is 0 Å². The van der Waals surface area contributed by atoms with E-state index in [9.17, 15) is 4.79 Å². The number of aryl methyl sites for hydroxylation is 1. The van der Waals surface area contributed by atoms with Crippen molar-refractivity contribution in [3.63, 3.8) is 0 Å². The van der Waals surface area contributed by atoms with Gasteiger partial charge in [0.1, 0.15) is 12.4 Å². The first kappa shape index (κ1) is 21.2. The molecule has 1 aliphatic rings. The monoisotopic (exact) mass is 390 g/mol. The van der Waals surface area contributed by atoms with Crippen molar-refractivity contribution >= 4 is 24.0 Å². The topological polar surface area (TPSA) is 73.6 Å². The number of carbonyl (C=O) groups excluding carboxylic acids is 1. The van der Waals surface area contributed by atoms with E-state index in [0.717, 1.165) is 35.4 Å². The molecule has 27 heavy (non-hydrogen) atoms. The molecule has 0 radical (unpaired) electrons. The van der Waals surface area contributed by atoms with Gasteiger partial charge in [-0.05, 0) is 55.0 Å². The summed E-state index contributed by atoms with van der Waals surface area (Å²) in [5, 5.41) is 2.95. The summed E-state index contributed by atoms with van der Waals surface area (Å²) in [5.41, 5.74) is 8.97. The van der Waals surface area contributed by atoms with E-state index < -0.39 is 6.04 Å². The Balaban J connectivity index is 0.00000261. The van der Waals surface area contributed by atoms with Crippen molar-refractivity contribution < 1.29 is 14.3 Å². The van der Waals surface area contributed by atoms with Gasteiger partial charge in [-0.25, -0.2) is 0 Å². The third-order valence-corrected chi connectivity index (χ3v) is 4.78. The fourth-order valence-electron chi connectivity index (χ4n) is 3.11. The molecule has 1 unspecified atom stereocenters. The zero-order chi connectivity index (χ0) is 18.4. The van der Waals surface area contributed by atoms with Gasteiger partial charge in [0.05, 0.1) is 6.04 Å². The molecule has 1 fully saturated rings. The molecule has 5 nitrogen and oxygen atoms in total. The summed E-state index contributed by atoms with van der Waals surface area (Å²) in [7, 11) is 0. The molecule has 2 aromatic carbocycles. The molecule has 0 saturated carbocycles. The van der Waals surface area contributed by atoms with E-state index in [2.05, 4.69) is 5.32 Å².